The number of benzene rings is 1. The summed E-state index contributed by atoms with van der Waals surface area (Å²) in [5, 5.41) is 5.79. The summed E-state index contributed by atoms with van der Waals surface area (Å²) in [6.45, 7) is 0.740. The lowest BCUT2D eigenvalue weighted by molar-refractivity contribution is -0.116. The zero-order valence-electron chi connectivity index (χ0n) is 12.1. The smallest absolute Gasteiger partial charge is 0.225 e. The topological polar surface area (TPSA) is 45.2 Å². The van der Waals surface area contributed by atoms with E-state index < -0.39 is 0 Å². The molecule has 0 aliphatic rings. The molecular formula is C15H18ClN3OS. The molecule has 0 fully saturated rings. The fourth-order valence-corrected chi connectivity index (χ4v) is 2.80. The van der Waals surface area contributed by atoms with Crippen molar-refractivity contribution < 1.29 is 4.79 Å². The molecule has 1 heterocycles. The molecule has 0 saturated carbocycles. The van der Waals surface area contributed by atoms with Crippen LogP contribution in [-0.4, -0.2) is 36.4 Å². The molecule has 2 rings (SSSR count). The Morgan fingerprint density at radius 3 is 2.62 bits per heavy atom. The van der Waals surface area contributed by atoms with Crippen LogP contribution in [0.25, 0.3) is 10.6 Å². The third-order valence-corrected chi connectivity index (χ3v) is 4.10. The number of amides is 1. The van der Waals surface area contributed by atoms with Gasteiger partial charge in [-0.05, 0) is 38.4 Å². The Balaban J connectivity index is 1.97. The molecule has 0 aliphatic heterocycles. The van der Waals surface area contributed by atoms with Crippen molar-refractivity contribution in [2.75, 3.05) is 26.0 Å². The van der Waals surface area contributed by atoms with Gasteiger partial charge in [0.15, 0.2) is 0 Å². The quantitative estimate of drug-likeness (QED) is 0.828. The lowest BCUT2D eigenvalue weighted by Crippen LogP contribution is -2.20. The molecule has 1 amide bonds. The van der Waals surface area contributed by atoms with Crippen LogP contribution in [0.15, 0.2) is 29.6 Å². The number of anilines is 1. The molecule has 0 atom stereocenters. The number of carbonyl (C=O) groups is 1. The third kappa shape index (κ3) is 4.81. The van der Waals surface area contributed by atoms with E-state index in [1.54, 1.807) is 11.3 Å². The van der Waals surface area contributed by atoms with Gasteiger partial charge in [0, 0.05) is 29.6 Å². The minimum absolute atomic E-state index is 0.0233. The average Bonchev–Trinajstić information content (AvgIpc) is 2.95. The fraction of sp³-hybridized carbons (Fsp3) is 0.333. The molecule has 1 N–H and O–H groups in total. The highest BCUT2D eigenvalue weighted by atomic mass is 35.5. The van der Waals surface area contributed by atoms with Crippen LogP contribution in [-0.2, 0) is 10.7 Å². The van der Waals surface area contributed by atoms with Crippen molar-refractivity contribution in [2.24, 2.45) is 0 Å². The van der Waals surface area contributed by atoms with Crippen LogP contribution in [0.1, 0.15) is 12.1 Å². The summed E-state index contributed by atoms with van der Waals surface area (Å²) in [5.74, 6) is 0.450. The maximum atomic E-state index is 11.8. The van der Waals surface area contributed by atoms with Gasteiger partial charge < -0.3 is 10.2 Å². The molecule has 0 spiro atoms. The summed E-state index contributed by atoms with van der Waals surface area (Å²) in [6, 6.07) is 7.70. The number of nitrogens with one attached hydrogen (secondary N) is 1. The van der Waals surface area contributed by atoms with Crippen LogP contribution < -0.4 is 5.32 Å². The van der Waals surface area contributed by atoms with Crippen molar-refractivity contribution >= 4 is 34.5 Å². The molecule has 6 heteroatoms. The van der Waals surface area contributed by atoms with E-state index in [-0.39, 0.29) is 5.91 Å². The molecule has 0 unspecified atom stereocenters. The number of nitrogens with zero attached hydrogens (tertiary/aromatic N) is 2. The number of hydrogen-bond acceptors (Lipinski definition) is 4. The Morgan fingerprint density at radius 1 is 1.33 bits per heavy atom. The first kappa shape index (κ1) is 15.9. The molecule has 0 bridgehead atoms. The number of halogens is 1. The molecule has 0 aliphatic carbocycles. The van der Waals surface area contributed by atoms with Gasteiger partial charge in [-0.3, -0.25) is 4.79 Å². The maximum absolute atomic E-state index is 11.8. The number of carbonyl (C=O) groups excluding carboxylic acids is 1. The van der Waals surface area contributed by atoms with Crippen LogP contribution in [0.3, 0.4) is 0 Å². The van der Waals surface area contributed by atoms with E-state index in [0.29, 0.717) is 12.3 Å². The summed E-state index contributed by atoms with van der Waals surface area (Å²) in [4.78, 5) is 18.2. The van der Waals surface area contributed by atoms with Crippen molar-refractivity contribution in [3.63, 3.8) is 0 Å². The number of thiazole rings is 1. The molecule has 112 valence electrons. The normalized spacial score (nSPS) is 10.9. The highest BCUT2D eigenvalue weighted by Gasteiger charge is 2.06. The molecule has 0 saturated heterocycles. The third-order valence-electron chi connectivity index (χ3n) is 2.89. The van der Waals surface area contributed by atoms with E-state index in [1.807, 2.05) is 48.6 Å². The standard InChI is InChI=1S/C15H18ClN3OS/c1-19(2)8-7-14(20)17-12-5-3-11(4-6-12)15-18-13(9-16)10-21-15/h3-6,10H,7-9H2,1-2H3,(H,17,20). The van der Waals surface area contributed by atoms with Gasteiger partial charge in [-0.2, -0.15) is 0 Å². The molecule has 2 aromatic rings. The van der Waals surface area contributed by atoms with Crippen LogP contribution in [0, 0.1) is 0 Å². The van der Waals surface area contributed by atoms with E-state index in [0.717, 1.165) is 28.5 Å². The largest absolute Gasteiger partial charge is 0.326 e. The Hall–Kier alpha value is -1.43. The fourth-order valence-electron chi connectivity index (χ4n) is 1.75. The molecule has 4 nitrogen and oxygen atoms in total. The van der Waals surface area contributed by atoms with E-state index in [2.05, 4.69) is 10.3 Å². The monoisotopic (exact) mass is 323 g/mol. The van der Waals surface area contributed by atoms with Gasteiger partial charge >= 0.3 is 0 Å². The molecule has 21 heavy (non-hydrogen) atoms. The second kappa shape index (κ2) is 7.54. The minimum atomic E-state index is 0.0233. The van der Waals surface area contributed by atoms with Gasteiger partial charge in [0.1, 0.15) is 5.01 Å². The van der Waals surface area contributed by atoms with Gasteiger partial charge in [-0.1, -0.05) is 0 Å². The summed E-state index contributed by atoms with van der Waals surface area (Å²) in [6.07, 6.45) is 0.486. The molecule has 1 aromatic carbocycles. The Morgan fingerprint density at radius 2 is 2.05 bits per heavy atom. The summed E-state index contributed by atoms with van der Waals surface area (Å²) in [5.41, 5.74) is 2.72. The van der Waals surface area contributed by atoms with Crippen LogP contribution in [0.5, 0.6) is 0 Å². The zero-order chi connectivity index (χ0) is 15.2. The van der Waals surface area contributed by atoms with Crippen LogP contribution in [0.2, 0.25) is 0 Å². The number of aromatic nitrogens is 1. The summed E-state index contributed by atoms with van der Waals surface area (Å²) >= 11 is 7.33. The highest BCUT2D eigenvalue weighted by Crippen LogP contribution is 2.25. The molecular weight excluding hydrogens is 306 g/mol. The predicted molar refractivity (Wildman–Crippen MR) is 88.9 cm³/mol. The number of hydrogen-bond donors (Lipinski definition) is 1. The lowest BCUT2D eigenvalue weighted by atomic mass is 10.2. The van der Waals surface area contributed by atoms with E-state index >= 15 is 0 Å². The SMILES string of the molecule is CN(C)CCC(=O)Nc1ccc(-c2nc(CCl)cs2)cc1. The highest BCUT2D eigenvalue weighted by molar-refractivity contribution is 7.13. The Labute approximate surface area is 133 Å². The second-order valence-corrected chi connectivity index (χ2v) is 6.08. The van der Waals surface area contributed by atoms with Gasteiger partial charge in [0.2, 0.25) is 5.91 Å². The minimum Gasteiger partial charge on any atom is -0.326 e. The van der Waals surface area contributed by atoms with Crippen LogP contribution >= 0.6 is 22.9 Å². The number of alkyl halides is 1. The Kier molecular flexibility index (Phi) is 5.73. The van der Waals surface area contributed by atoms with Crippen LogP contribution in [0.4, 0.5) is 5.69 Å². The molecule has 1 aromatic heterocycles. The Bertz CT molecular complexity index is 595. The average molecular weight is 324 g/mol. The number of rotatable bonds is 6. The maximum Gasteiger partial charge on any atom is 0.225 e. The first-order valence-corrected chi connectivity index (χ1v) is 8.05. The first-order chi connectivity index (χ1) is 10.1. The van der Waals surface area contributed by atoms with Gasteiger partial charge in [0.25, 0.3) is 0 Å². The summed E-state index contributed by atoms with van der Waals surface area (Å²) in [7, 11) is 3.90. The van der Waals surface area contributed by atoms with Gasteiger partial charge in [-0.15, -0.1) is 22.9 Å². The second-order valence-electron chi connectivity index (χ2n) is 4.96. The molecule has 0 radical (unpaired) electrons. The summed E-state index contributed by atoms with van der Waals surface area (Å²) < 4.78 is 0. The van der Waals surface area contributed by atoms with Crippen molar-refractivity contribution in [3.8, 4) is 10.6 Å². The van der Waals surface area contributed by atoms with Gasteiger partial charge in [0.05, 0.1) is 11.6 Å². The van der Waals surface area contributed by atoms with Gasteiger partial charge in [-0.25, -0.2) is 4.98 Å². The lowest BCUT2D eigenvalue weighted by Gasteiger charge is -2.09. The first-order valence-electron chi connectivity index (χ1n) is 6.64. The van der Waals surface area contributed by atoms with E-state index in [1.165, 1.54) is 0 Å². The van der Waals surface area contributed by atoms with Crippen molar-refractivity contribution in [1.82, 2.24) is 9.88 Å². The zero-order valence-corrected chi connectivity index (χ0v) is 13.7. The predicted octanol–water partition coefficient (Wildman–Crippen LogP) is 3.44. The van der Waals surface area contributed by atoms with Crippen molar-refractivity contribution in [2.45, 2.75) is 12.3 Å². The van der Waals surface area contributed by atoms with E-state index in [9.17, 15) is 4.79 Å². The van der Waals surface area contributed by atoms with E-state index in [4.69, 9.17) is 11.6 Å². The van der Waals surface area contributed by atoms with Crippen molar-refractivity contribution in [1.29, 1.82) is 0 Å². The van der Waals surface area contributed by atoms with Crippen molar-refractivity contribution in [3.05, 3.63) is 35.3 Å².